The first kappa shape index (κ1) is 23.3. The Morgan fingerprint density at radius 2 is 1.49 bits per heavy atom. The van der Waals surface area contributed by atoms with Crippen molar-refractivity contribution in [3.8, 4) is 0 Å². The van der Waals surface area contributed by atoms with E-state index in [0.717, 1.165) is 22.4 Å². The molecule has 3 aliphatic heterocycles. The molecule has 7 rings (SSSR count). The van der Waals surface area contributed by atoms with E-state index in [1.807, 2.05) is 78.6 Å². The standard InChI is InChI=1S/C33H25N3O3/c1-20-19-27-33(24-12-6-7-13-25(24)35-32(33)39)28(30(37)22-15-17-34-18-16-22)29(31(38)21-9-3-2-4-10-21)36(27)26-14-8-5-11-23(20)26/h2-19,27-29H,1H3,(H,35,39)/t27-,28+,29+,33-/m1/s1. The van der Waals surface area contributed by atoms with Crippen LogP contribution in [0.3, 0.4) is 0 Å². The molecule has 1 spiro atoms. The van der Waals surface area contributed by atoms with Gasteiger partial charge in [0.15, 0.2) is 11.6 Å². The monoisotopic (exact) mass is 511 g/mol. The third kappa shape index (κ3) is 3.15. The maximum Gasteiger partial charge on any atom is 0.238 e. The maximum absolute atomic E-state index is 14.6. The molecule has 3 aromatic carbocycles. The number of ketones is 2. The lowest BCUT2D eigenvalue weighted by Crippen LogP contribution is -2.51. The predicted molar refractivity (Wildman–Crippen MR) is 150 cm³/mol. The smallest absolute Gasteiger partial charge is 0.238 e. The second-order valence-electron chi connectivity index (χ2n) is 10.3. The van der Waals surface area contributed by atoms with Gasteiger partial charge in [-0.15, -0.1) is 0 Å². The van der Waals surface area contributed by atoms with E-state index in [-0.39, 0.29) is 17.5 Å². The third-order valence-electron chi connectivity index (χ3n) is 8.46. The molecule has 0 radical (unpaired) electrons. The lowest BCUT2D eigenvalue weighted by Gasteiger charge is -2.39. The lowest BCUT2D eigenvalue weighted by molar-refractivity contribution is -0.121. The summed E-state index contributed by atoms with van der Waals surface area (Å²) in [5.74, 6) is -1.70. The number of Topliss-reactive ketones (excluding diaryl/α,β-unsaturated/α-hetero) is 2. The minimum atomic E-state index is -1.32. The van der Waals surface area contributed by atoms with E-state index in [1.54, 1.807) is 36.7 Å². The van der Waals surface area contributed by atoms with Crippen LogP contribution in [0.4, 0.5) is 11.4 Å². The van der Waals surface area contributed by atoms with Crippen LogP contribution < -0.4 is 10.2 Å². The number of carbonyl (C=O) groups is 3. The minimum absolute atomic E-state index is 0.190. The number of carbonyl (C=O) groups excluding carboxylic acids is 3. The second kappa shape index (κ2) is 8.60. The minimum Gasteiger partial charge on any atom is -0.352 e. The van der Waals surface area contributed by atoms with E-state index in [0.29, 0.717) is 16.8 Å². The van der Waals surface area contributed by atoms with Crippen molar-refractivity contribution >= 4 is 34.4 Å². The molecule has 1 saturated heterocycles. The van der Waals surface area contributed by atoms with Gasteiger partial charge in [0.2, 0.25) is 5.91 Å². The molecule has 4 heterocycles. The van der Waals surface area contributed by atoms with Crippen molar-refractivity contribution in [1.29, 1.82) is 0 Å². The lowest BCUT2D eigenvalue weighted by atomic mass is 9.64. The van der Waals surface area contributed by atoms with Gasteiger partial charge < -0.3 is 10.2 Å². The van der Waals surface area contributed by atoms with E-state index in [2.05, 4.69) is 16.4 Å². The summed E-state index contributed by atoms with van der Waals surface area (Å²) in [5.41, 5.74) is 3.86. The van der Waals surface area contributed by atoms with Crippen LogP contribution in [0.1, 0.15) is 38.8 Å². The van der Waals surface area contributed by atoms with Gasteiger partial charge in [-0.1, -0.05) is 72.8 Å². The molecule has 1 N–H and O–H groups in total. The summed E-state index contributed by atoms with van der Waals surface area (Å²) in [6, 6.07) is 26.3. The first-order valence-electron chi connectivity index (χ1n) is 13.0. The Morgan fingerprint density at radius 3 is 2.28 bits per heavy atom. The Morgan fingerprint density at radius 1 is 0.821 bits per heavy atom. The first-order chi connectivity index (χ1) is 19.0. The van der Waals surface area contributed by atoms with Gasteiger partial charge >= 0.3 is 0 Å². The van der Waals surface area contributed by atoms with E-state index in [9.17, 15) is 14.4 Å². The highest BCUT2D eigenvalue weighted by Crippen LogP contribution is 2.58. The Bertz CT molecular complexity index is 1680. The van der Waals surface area contributed by atoms with Crippen molar-refractivity contribution in [2.45, 2.75) is 24.4 Å². The Labute approximate surface area is 226 Å². The quantitative estimate of drug-likeness (QED) is 0.375. The van der Waals surface area contributed by atoms with E-state index in [1.165, 1.54) is 0 Å². The number of nitrogens with one attached hydrogen (secondary N) is 1. The fraction of sp³-hybridized carbons (Fsp3) is 0.152. The van der Waals surface area contributed by atoms with Crippen molar-refractivity contribution in [3.63, 3.8) is 0 Å². The molecule has 6 heteroatoms. The van der Waals surface area contributed by atoms with E-state index >= 15 is 0 Å². The highest BCUT2D eigenvalue weighted by atomic mass is 16.2. The summed E-state index contributed by atoms with van der Waals surface area (Å²) in [7, 11) is 0. The molecule has 0 bridgehead atoms. The number of pyridine rings is 1. The van der Waals surface area contributed by atoms with Crippen LogP contribution in [0.15, 0.2) is 109 Å². The molecular weight excluding hydrogens is 486 g/mol. The third-order valence-corrected chi connectivity index (χ3v) is 8.46. The molecule has 190 valence electrons. The number of aromatic nitrogens is 1. The van der Waals surface area contributed by atoms with Crippen molar-refractivity contribution in [1.82, 2.24) is 4.98 Å². The molecule has 4 atom stereocenters. The van der Waals surface area contributed by atoms with Gasteiger partial charge in [0, 0.05) is 40.5 Å². The van der Waals surface area contributed by atoms with E-state index in [4.69, 9.17) is 0 Å². The summed E-state index contributed by atoms with van der Waals surface area (Å²) >= 11 is 0. The topological polar surface area (TPSA) is 79.4 Å². The number of benzene rings is 3. The SMILES string of the molecule is CC1=C[C@H]2N(c3ccccc31)[C@H](C(=O)c1ccccc1)[C@@H](C(=O)c1ccncc1)[C@]21C(=O)Nc2ccccc21. The Kier molecular flexibility index (Phi) is 5.13. The zero-order valence-electron chi connectivity index (χ0n) is 21.2. The molecule has 1 fully saturated rings. The number of fused-ring (bicyclic) bond motifs is 6. The van der Waals surface area contributed by atoms with Crippen LogP contribution in [0.5, 0.6) is 0 Å². The predicted octanol–water partition coefficient (Wildman–Crippen LogP) is 5.33. The number of para-hydroxylation sites is 2. The van der Waals surface area contributed by atoms with Gasteiger partial charge in [-0.2, -0.15) is 0 Å². The van der Waals surface area contributed by atoms with Crippen molar-refractivity contribution in [2.75, 3.05) is 10.2 Å². The van der Waals surface area contributed by atoms with Gasteiger partial charge in [0.25, 0.3) is 0 Å². The zero-order chi connectivity index (χ0) is 26.7. The summed E-state index contributed by atoms with van der Waals surface area (Å²) in [4.78, 5) is 49.6. The summed E-state index contributed by atoms with van der Waals surface area (Å²) in [6.07, 6.45) is 5.20. The normalized spacial score (nSPS) is 24.4. The molecule has 1 aromatic heterocycles. The number of amides is 1. The molecule has 4 aromatic rings. The molecule has 0 aliphatic carbocycles. The van der Waals surface area contributed by atoms with Crippen molar-refractivity contribution in [2.24, 2.45) is 5.92 Å². The maximum atomic E-state index is 14.6. The van der Waals surface area contributed by atoms with Crippen LogP contribution >= 0.6 is 0 Å². The average Bonchev–Trinajstić information content (AvgIpc) is 3.45. The Hall–Kier alpha value is -4.84. The summed E-state index contributed by atoms with van der Waals surface area (Å²) in [6.45, 7) is 2.02. The van der Waals surface area contributed by atoms with Gasteiger partial charge in [-0.3, -0.25) is 19.4 Å². The van der Waals surface area contributed by atoms with Gasteiger partial charge in [0.1, 0.15) is 11.5 Å². The molecule has 6 nitrogen and oxygen atoms in total. The highest BCUT2D eigenvalue weighted by molar-refractivity contribution is 6.18. The molecule has 0 saturated carbocycles. The van der Waals surface area contributed by atoms with Gasteiger partial charge in [0.05, 0.1) is 12.0 Å². The number of nitrogens with zero attached hydrogens (tertiary/aromatic N) is 2. The number of allylic oxidation sites excluding steroid dienone is 1. The molecule has 0 unspecified atom stereocenters. The first-order valence-corrected chi connectivity index (χ1v) is 13.0. The highest BCUT2D eigenvalue weighted by Gasteiger charge is 2.70. The van der Waals surface area contributed by atoms with Crippen molar-refractivity contribution in [3.05, 3.63) is 132 Å². The molecule has 3 aliphatic rings. The van der Waals surface area contributed by atoms with Crippen molar-refractivity contribution < 1.29 is 14.4 Å². The van der Waals surface area contributed by atoms with Crippen LogP contribution in [-0.4, -0.2) is 34.5 Å². The number of anilines is 2. The fourth-order valence-corrected chi connectivity index (χ4v) is 6.86. The van der Waals surface area contributed by atoms with Crippen LogP contribution in [0.25, 0.3) is 5.57 Å². The average molecular weight is 512 g/mol. The molecular formula is C33H25N3O3. The zero-order valence-corrected chi connectivity index (χ0v) is 21.2. The van der Waals surface area contributed by atoms with Crippen LogP contribution in [0.2, 0.25) is 0 Å². The summed E-state index contributed by atoms with van der Waals surface area (Å²) in [5, 5.41) is 3.07. The molecule has 39 heavy (non-hydrogen) atoms. The number of rotatable bonds is 4. The number of hydrogen-bond acceptors (Lipinski definition) is 5. The Balaban J connectivity index is 1.57. The second-order valence-corrected chi connectivity index (χ2v) is 10.3. The molecule has 1 amide bonds. The van der Waals surface area contributed by atoms with Crippen LogP contribution in [-0.2, 0) is 10.2 Å². The van der Waals surface area contributed by atoms with Crippen LogP contribution in [0, 0.1) is 5.92 Å². The van der Waals surface area contributed by atoms with E-state index < -0.39 is 23.4 Å². The van der Waals surface area contributed by atoms with Gasteiger partial charge in [-0.05, 0) is 42.3 Å². The fourth-order valence-electron chi connectivity index (χ4n) is 6.86. The van der Waals surface area contributed by atoms with Gasteiger partial charge in [-0.25, -0.2) is 0 Å². The summed E-state index contributed by atoms with van der Waals surface area (Å²) < 4.78 is 0. The number of hydrogen-bond donors (Lipinski definition) is 1. The largest absolute Gasteiger partial charge is 0.352 e.